The van der Waals surface area contributed by atoms with Gasteiger partial charge in [0.1, 0.15) is 0 Å². The van der Waals surface area contributed by atoms with Gasteiger partial charge < -0.3 is 10.0 Å². The minimum Gasteiger partial charge on any atom is -0.480 e. The molecule has 0 spiro atoms. The van der Waals surface area contributed by atoms with E-state index in [4.69, 9.17) is 5.11 Å². The number of benzene rings is 1. The number of carbonyl (C=O) groups is 2. The van der Waals surface area contributed by atoms with Crippen molar-refractivity contribution in [1.82, 2.24) is 24.8 Å². The van der Waals surface area contributed by atoms with Crippen molar-refractivity contribution in [3.63, 3.8) is 0 Å². The molecule has 1 N–H and O–H groups in total. The topological polar surface area (TPSA) is 91.6 Å². The fourth-order valence-corrected chi connectivity index (χ4v) is 3.45. The summed E-state index contributed by atoms with van der Waals surface area (Å²) in [6, 6.07) is 8.04. The third-order valence-corrected chi connectivity index (χ3v) is 5.02. The highest BCUT2D eigenvalue weighted by Crippen LogP contribution is 2.18. The number of carboxylic acids is 1. The molecule has 1 fully saturated rings. The molecule has 1 aliphatic heterocycles. The normalized spacial score (nSPS) is 15.3. The number of hydrogen-bond acceptors (Lipinski definition) is 5. The van der Waals surface area contributed by atoms with E-state index in [2.05, 4.69) is 10.3 Å². The SMILES string of the molecule is CCN(CC(=O)O)C1CCN(C(=O)c2cn(-c3ccc(C)cc3)nn2)CC1. The van der Waals surface area contributed by atoms with E-state index in [0.29, 0.717) is 25.3 Å². The molecule has 144 valence electrons. The molecule has 0 saturated carbocycles. The molecule has 1 amide bonds. The van der Waals surface area contributed by atoms with Gasteiger partial charge in [0.15, 0.2) is 5.69 Å². The van der Waals surface area contributed by atoms with Crippen molar-refractivity contribution in [2.75, 3.05) is 26.2 Å². The Labute approximate surface area is 158 Å². The van der Waals surface area contributed by atoms with Gasteiger partial charge in [0.2, 0.25) is 0 Å². The molecule has 27 heavy (non-hydrogen) atoms. The number of nitrogens with zero attached hydrogens (tertiary/aromatic N) is 5. The summed E-state index contributed by atoms with van der Waals surface area (Å²) in [5.74, 6) is -0.948. The van der Waals surface area contributed by atoms with Crippen LogP contribution in [0.25, 0.3) is 5.69 Å². The molecular weight excluding hydrogens is 346 g/mol. The van der Waals surface area contributed by atoms with Gasteiger partial charge in [-0.15, -0.1) is 5.10 Å². The molecule has 3 rings (SSSR count). The highest BCUT2D eigenvalue weighted by atomic mass is 16.4. The molecule has 0 bridgehead atoms. The van der Waals surface area contributed by atoms with E-state index in [-0.39, 0.29) is 18.5 Å². The average molecular weight is 371 g/mol. The fourth-order valence-electron chi connectivity index (χ4n) is 3.45. The largest absolute Gasteiger partial charge is 0.480 e. The molecule has 0 aliphatic carbocycles. The lowest BCUT2D eigenvalue weighted by Gasteiger charge is -2.37. The number of aromatic nitrogens is 3. The lowest BCUT2D eigenvalue weighted by atomic mass is 10.0. The minimum absolute atomic E-state index is 0.0417. The first-order chi connectivity index (χ1) is 13.0. The summed E-state index contributed by atoms with van der Waals surface area (Å²) in [6.07, 6.45) is 3.18. The van der Waals surface area contributed by atoms with Crippen molar-refractivity contribution in [3.05, 3.63) is 41.7 Å². The van der Waals surface area contributed by atoms with E-state index in [9.17, 15) is 9.59 Å². The highest BCUT2D eigenvalue weighted by molar-refractivity contribution is 5.92. The molecule has 2 aromatic rings. The quantitative estimate of drug-likeness (QED) is 0.829. The Bertz CT molecular complexity index is 794. The molecule has 0 unspecified atom stereocenters. The molecule has 8 heteroatoms. The lowest BCUT2D eigenvalue weighted by molar-refractivity contribution is -0.139. The summed E-state index contributed by atoms with van der Waals surface area (Å²) in [7, 11) is 0. The van der Waals surface area contributed by atoms with Gasteiger partial charge in [0, 0.05) is 19.1 Å². The first kappa shape index (κ1) is 19.0. The molecule has 1 aromatic heterocycles. The van der Waals surface area contributed by atoms with Crippen LogP contribution in [0.4, 0.5) is 0 Å². The fraction of sp³-hybridized carbons (Fsp3) is 0.474. The predicted octanol–water partition coefficient (Wildman–Crippen LogP) is 1.59. The first-order valence-corrected chi connectivity index (χ1v) is 9.22. The second-order valence-electron chi connectivity index (χ2n) is 6.86. The Balaban J connectivity index is 1.61. The number of amides is 1. The molecule has 1 aromatic carbocycles. The molecular formula is C19H25N5O3. The molecule has 1 aliphatic rings. The number of aliphatic carboxylic acids is 1. The van der Waals surface area contributed by atoms with Crippen LogP contribution in [0.2, 0.25) is 0 Å². The van der Waals surface area contributed by atoms with Gasteiger partial charge in [-0.25, -0.2) is 4.68 Å². The van der Waals surface area contributed by atoms with Crippen LogP contribution in [0.1, 0.15) is 35.8 Å². The van der Waals surface area contributed by atoms with Gasteiger partial charge in [0.05, 0.1) is 18.4 Å². The van der Waals surface area contributed by atoms with Crippen molar-refractivity contribution >= 4 is 11.9 Å². The van der Waals surface area contributed by atoms with Crippen LogP contribution in [-0.2, 0) is 4.79 Å². The van der Waals surface area contributed by atoms with Crippen LogP contribution in [0.3, 0.4) is 0 Å². The Morgan fingerprint density at radius 2 is 1.89 bits per heavy atom. The van der Waals surface area contributed by atoms with Crippen LogP contribution in [0.15, 0.2) is 30.5 Å². The zero-order chi connectivity index (χ0) is 19.4. The molecule has 1 saturated heterocycles. The maximum atomic E-state index is 12.7. The molecule has 2 heterocycles. The smallest absolute Gasteiger partial charge is 0.317 e. The predicted molar refractivity (Wildman–Crippen MR) is 99.9 cm³/mol. The number of piperidine rings is 1. The highest BCUT2D eigenvalue weighted by Gasteiger charge is 2.28. The Morgan fingerprint density at radius 3 is 2.48 bits per heavy atom. The summed E-state index contributed by atoms with van der Waals surface area (Å²) < 4.78 is 1.60. The van der Waals surface area contributed by atoms with E-state index in [1.807, 2.05) is 43.0 Å². The van der Waals surface area contributed by atoms with Gasteiger partial charge in [-0.2, -0.15) is 0 Å². The number of carboxylic acid groups (broad SMARTS) is 1. The van der Waals surface area contributed by atoms with Crippen LogP contribution in [-0.4, -0.2) is 74.0 Å². The maximum Gasteiger partial charge on any atom is 0.317 e. The summed E-state index contributed by atoms with van der Waals surface area (Å²) in [5, 5.41) is 17.1. The van der Waals surface area contributed by atoms with Crippen molar-refractivity contribution in [1.29, 1.82) is 0 Å². The van der Waals surface area contributed by atoms with Crippen LogP contribution in [0.5, 0.6) is 0 Å². The third kappa shape index (κ3) is 4.51. The second kappa shape index (κ2) is 8.30. The van der Waals surface area contributed by atoms with Gasteiger partial charge >= 0.3 is 5.97 Å². The molecule has 0 atom stereocenters. The van der Waals surface area contributed by atoms with Gasteiger partial charge in [-0.3, -0.25) is 14.5 Å². The zero-order valence-corrected chi connectivity index (χ0v) is 15.7. The van der Waals surface area contributed by atoms with Crippen LogP contribution in [0, 0.1) is 6.92 Å². The third-order valence-electron chi connectivity index (χ3n) is 5.02. The van der Waals surface area contributed by atoms with E-state index in [0.717, 1.165) is 24.1 Å². The van der Waals surface area contributed by atoms with Crippen molar-refractivity contribution < 1.29 is 14.7 Å². The molecule has 8 nitrogen and oxygen atoms in total. The summed E-state index contributed by atoms with van der Waals surface area (Å²) >= 11 is 0. The Hall–Kier alpha value is -2.74. The molecule has 0 radical (unpaired) electrons. The summed E-state index contributed by atoms with van der Waals surface area (Å²) in [6.45, 7) is 5.90. The summed E-state index contributed by atoms with van der Waals surface area (Å²) in [5.41, 5.74) is 2.34. The number of aryl methyl sites for hydroxylation is 1. The van der Waals surface area contributed by atoms with Gasteiger partial charge in [-0.05, 0) is 38.4 Å². The van der Waals surface area contributed by atoms with Crippen molar-refractivity contribution in [2.45, 2.75) is 32.7 Å². The number of likely N-dealkylation sites (N-methyl/N-ethyl adjacent to an activating group) is 1. The Morgan fingerprint density at radius 1 is 1.22 bits per heavy atom. The van der Waals surface area contributed by atoms with Crippen molar-refractivity contribution in [3.8, 4) is 5.69 Å². The standard InChI is InChI=1S/C19H25N5O3/c1-3-22(13-18(25)26)15-8-10-23(11-9-15)19(27)17-12-24(21-20-17)16-6-4-14(2)5-7-16/h4-7,12,15H,3,8-11,13H2,1-2H3,(H,25,26). The van der Waals surface area contributed by atoms with E-state index in [1.165, 1.54) is 0 Å². The number of rotatable bonds is 6. The second-order valence-corrected chi connectivity index (χ2v) is 6.86. The zero-order valence-electron chi connectivity index (χ0n) is 15.7. The van der Waals surface area contributed by atoms with Crippen LogP contribution < -0.4 is 0 Å². The monoisotopic (exact) mass is 371 g/mol. The van der Waals surface area contributed by atoms with Gasteiger partial charge in [-0.1, -0.05) is 29.8 Å². The Kier molecular flexibility index (Phi) is 5.85. The van der Waals surface area contributed by atoms with Crippen molar-refractivity contribution in [2.24, 2.45) is 0 Å². The summed E-state index contributed by atoms with van der Waals surface area (Å²) in [4.78, 5) is 27.4. The van der Waals surface area contributed by atoms with Crippen LogP contribution >= 0.6 is 0 Å². The number of hydrogen-bond donors (Lipinski definition) is 1. The number of likely N-dealkylation sites (tertiary alicyclic amines) is 1. The lowest BCUT2D eigenvalue weighted by Crippen LogP contribution is -2.48. The first-order valence-electron chi connectivity index (χ1n) is 9.22. The van der Waals surface area contributed by atoms with Gasteiger partial charge in [0.25, 0.3) is 5.91 Å². The van der Waals surface area contributed by atoms with E-state index >= 15 is 0 Å². The maximum absolute atomic E-state index is 12.7. The average Bonchev–Trinajstić information content (AvgIpc) is 3.16. The van der Waals surface area contributed by atoms with E-state index < -0.39 is 5.97 Å². The van der Waals surface area contributed by atoms with E-state index in [1.54, 1.807) is 15.8 Å². The minimum atomic E-state index is -0.817. The number of carbonyl (C=O) groups excluding carboxylic acids is 1.